The third kappa shape index (κ3) is 5.34. The van der Waals surface area contributed by atoms with Gasteiger partial charge in [-0.05, 0) is 25.0 Å². The van der Waals surface area contributed by atoms with Crippen LogP contribution >= 0.6 is 0 Å². The highest BCUT2D eigenvalue weighted by Crippen LogP contribution is 2.06. The number of aromatic nitrogens is 3. The molecule has 0 saturated carbocycles. The molecule has 0 spiro atoms. The van der Waals surface area contributed by atoms with Crippen molar-refractivity contribution in [2.75, 3.05) is 18.5 Å². The quantitative estimate of drug-likeness (QED) is 0.796. The largest absolute Gasteiger partial charge is 0.450 e. The molecule has 0 bridgehead atoms. The minimum Gasteiger partial charge on any atom is -0.450 e. The molecule has 0 atom stereocenters. The second kappa shape index (κ2) is 8.61. The zero-order chi connectivity index (χ0) is 17.4. The number of halogens is 1. The van der Waals surface area contributed by atoms with Crippen LogP contribution in [0.3, 0.4) is 0 Å². The summed E-state index contributed by atoms with van der Waals surface area (Å²) in [5.74, 6) is -0.399. The Kier molecular flexibility index (Phi) is 6.23. The molecule has 1 aromatic carbocycles. The lowest BCUT2D eigenvalue weighted by Crippen LogP contribution is -2.29. The summed E-state index contributed by atoms with van der Waals surface area (Å²) in [5.41, 5.74) is 0.541. The van der Waals surface area contributed by atoms with Gasteiger partial charge in [0.15, 0.2) is 5.82 Å². The number of rotatable bonds is 7. The Labute approximate surface area is 138 Å². The first-order valence-electron chi connectivity index (χ1n) is 7.42. The first-order valence-corrected chi connectivity index (χ1v) is 7.42. The van der Waals surface area contributed by atoms with Gasteiger partial charge in [-0.2, -0.15) is 0 Å². The van der Waals surface area contributed by atoms with E-state index in [1.807, 2.05) is 0 Å². The van der Waals surface area contributed by atoms with Crippen molar-refractivity contribution in [1.82, 2.24) is 20.3 Å². The molecular formula is C15H18FN5O3. The fourth-order valence-electron chi connectivity index (χ4n) is 1.95. The Morgan fingerprint density at radius 1 is 1.33 bits per heavy atom. The molecule has 0 aliphatic carbocycles. The van der Waals surface area contributed by atoms with Crippen LogP contribution in [-0.4, -0.2) is 40.1 Å². The highest BCUT2D eigenvalue weighted by molar-refractivity contribution is 5.83. The Morgan fingerprint density at radius 3 is 2.88 bits per heavy atom. The molecule has 0 aliphatic rings. The zero-order valence-corrected chi connectivity index (χ0v) is 13.2. The number of nitrogens with one attached hydrogen (secondary N) is 2. The van der Waals surface area contributed by atoms with Crippen molar-refractivity contribution in [3.8, 4) is 0 Å². The van der Waals surface area contributed by atoms with Gasteiger partial charge in [-0.15, -0.1) is 5.10 Å². The molecule has 2 N–H and O–H groups in total. The minimum atomic E-state index is -0.640. The van der Waals surface area contributed by atoms with Crippen molar-refractivity contribution >= 4 is 17.8 Å². The van der Waals surface area contributed by atoms with Crippen molar-refractivity contribution < 1.29 is 18.7 Å². The highest BCUT2D eigenvalue weighted by atomic mass is 19.1. The van der Waals surface area contributed by atoms with E-state index < -0.39 is 6.09 Å². The second-order valence-electron chi connectivity index (χ2n) is 4.84. The molecule has 2 aromatic rings. The lowest BCUT2D eigenvalue weighted by atomic mass is 10.1. The van der Waals surface area contributed by atoms with Gasteiger partial charge < -0.3 is 10.1 Å². The SMILES string of the molecule is CCOC(=O)Nc1cn(CC(=O)NCCc2ccccc2F)nn1. The molecular weight excluding hydrogens is 317 g/mol. The van der Waals surface area contributed by atoms with E-state index in [0.29, 0.717) is 18.5 Å². The van der Waals surface area contributed by atoms with Crippen LogP contribution in [0.2, 0.25) is 0 Å². The van der Waals surface area contributed by atoms with E-state index in [1.54, 1.807) is 25.1 Å². The van der Waals surface area contributed by atoms with Crippen molar-refractivity contribution in [3.63, 3.8) is 0 Å². The van der Waals surface area contributed by atoms with Crippen LogP contribution in [-0.2, 0) is 22.5 Å². The van der Waals surface area contributed by atoms with E-state index in [4.69, 9.17) is 4.74 Å². The summed E-state index contributed by atoms with van der Waals surface area (Å²) in [7, 11) is 0. The minimum absolute atomic E-state index is 0.0607. The monoisotopic (exact) mass is 335 g/mol. The predicted octanol–water partition coefficient (Wildman–Crippen LogP) is 1.34. The zero-order valence-electron chi connectivity index (χ0n) is 13.2. The summed E-state index contributed by atoms with van der Waals surface area (Å²) in [4.78, 5) is 23.0. The van der Waals surface area contributed by atoms with Crippen molar-refractivity contribution in [3.05, 3.63) is 41.8 Å². The average molecular weight is 335 g/mol. The summed E-state index contributed by atoms with van der Waals surface area (Å²) < 4.78 is 19.4. The van der Waals surface area contributed by atoms with E-state index in [0.717, 1.165) is 0 Å². The molecule has 1 aromatic heterocycles. The molecule has 24 heavy (non-hydrogen) atoms. The standard InChI is InChI=1S/C15H18FN5O3/c1-2-24-15(23)18-13-9-21(20-19-13)10-14(22)17-8-7-11-5-3-4-6-12(11)16/h3-6,9H,2,7-8,10H2,1H3,(H,17,22)(H,18,23). The fourth-order valence-corrected chi connectivity index (χ4v) is 1.95. The van der Waals surface area contributed by atoms with Gasteiger partial charge in [0.1, 0.15) is 12.4 Å². The maximum atomic E-state index is 13.4. The molecule has 2 rings (SSSR count). The van der Waals surface area contributed by atoms with E-state index in [9.17, 15) is 14.0 Å². The molecule has 0 saturated heterocycles. The first-order chi connectivity index (χ1) is 11.6. The molecule has 0 radical (unpaired) electrons. The summed E-state index contributed by atoms with van der Waals surface area (Å²) in [6, 6.07) is 6.41. The number of carbonyl (C=O) groups excluding carboxylic acids is 2. The Hall–Kier alpha value is -2.97. The highest BCUT2D eigenvalue weighted by Gasteiger charge is 2.09. The molecule has 8 nitrogen and oxygen atoms in total. The number of hydrogen-bond donors (Lipinski definition) is 2. The molecule has 0 fully saturated rings. The first kappa shape index (κ1) is 17.4. The van der Waals surface area contributed by atoms with E-state index >= 15 is 0 Å². The molecule has 2 amide bonds. The third-order valence-corrected chi connectivity index (χ3v) is 3.02. The maximum Gasteiger partial charge on any atom is 0.412 e. The van der Waals surface area contributed by atoms with Gasteiger partial charge in [-0.3, -0.25) is 10.1 Å². The normalized spacial score (nSPS) is 10.2. The van der Waals surface area contributed by atoms with Crippen LogP contribution in [0.15, 0.2) is 30.5 Å². The molecule has 1 heterocycles. The van der Waals surface area contributed by atoms with Crippen LogP contribution in [0.1, 0.15) is 12.5 Å². The van der Waals surface area contributed by atoms with Crippen LogP contribution in [0.5, 0.6) is 0 Å². The lowest BCUT2D eigenvalue weighted by Gasteiger charge is -2.06. The molecule has 128 valence electrons. The smallest absolute Gasteiger partial charge is 0.412 e. The van der Waals surface area contributed by atoms with E-state index in [1.165, 1.54) is 16.9 Å². The Balaban J connectivity index is 1.75. The summed E-state index contributed by atoms with van der Waals surface area (Å²) in [6.07, 6.45) is 1.16. The van der Waals surface area contributed by atoms with Gasteiger partial charge in [-0.25, -0.2) is 13.9 Å². The van der Waals surface area contributed by atoms with E-state index in [2.05, 4.69) is 20.9 Å². The van der Waals surface area contributed by atoms with Gasteiger partial charge in [-0.1, -0.05) is 23.4 Å². The van der Waals surface area contributed by atoms with Gasteiger partial charge in [0, 0.05) is 6.54 Å². The Morgan fingerprint density at radius 2 is 2.12 bits per heavy atom. The van der Waals surface area contributed by atoms with Crippen LogP contribution in [0.4, 0.5) is 15.0 Å². The summed E-state index contributed by atoms with van der Waals surface area (Å²) in [6.45, 7) is 2.17. The molecule has 0 unspecified atom stereocenters. The topological polar surface area (TPSA) is 98.1 Å². The number of carbonyl (C=O) groups is 2. The third-order valence-electron chi connectivity index (χ3n) is 3.02. The number of amides is 2. The lowest BCUT2D eigenvalue weighted by molar-refractivity contribution is -0.121. The van der Waals surface area contributed by atoms with Gasteiger partial charge in [0.2, 0.25) is 5.91 Å². The van der Waals surface area contributed by atoms with Crippen molar-refractivity contribution in [2.45, 2.75) is 19.9 Å². The van der Waals surface area contributed by atoms with E-state index in [-0.39, 0.29) is 30.7 Å². The second-order valence-corrected chi connectivity index (χ2v) is 4.84. The summed E-state index contributed by atoms with van der Waals surface area (Å²) >= 11 is 0. The maximum absolute atomic E-state index is 13.4. The number of nitrogens with zero attached hydrogens (tertiary/aromatic N) is 3. The Bertz CT molecular complexity index is 704. The molecule has 0 aliphatic heterocycles. The van der Waals surface area contributed by atoms with Gasteiger partial charge in [0.05, 0.1) is 12.8 Å². The summed E-state index contributed by atoms with van der Waals surface area (Å²) in [5, 5.41) is 12.5. The van der Waals surface area contributed by atoms with Gasteiger partial charge >= 0.3 is 6.09 Å². The average Bonchev–Trinajstić information content (AvgIpc) is 2.96. The van der Waals surface area contributed by atoms with Crippen LogP contribution < -0.4 is 10.6 Å². The predicted molar refractivity (Wildman–Crippen MR) is 83.8 cm³/mol. The number of anilines is 1. The number of hydrogen-bond acceptors (Lipinski definition) is 5. The number of benzene rings is 1. The van der Waals surface area contributed by atoms with Crippen molar-refractivity contribution in [2.24, 2.45) is 0 Å². The van der Waals surface area contributed by atoms with Crippen molar-refractivity contribution in [1.29, 1.82) is 0 Å². The van der Waals surface area contributed by atoms with Crippen LogP contribution in [0, 0.1) is 5.82 Å². The van der Waals surface area contributed by atoms with Gasteiger partial charge in [0.25, 0.3) is 0 Å². The fraction of sp³-hybridized carbons (Fsp3) is 0.333. The van der Waals surface area contributed by atoms with Crippen LogP contribution in [0.25, 0.3) is 0 Å². The molecule has 9 heteroatoms. The number of ether oxygens (including phenoxy) is 1.